The van der Waals surface area contributed by atoms with Gasteiger partial charge in [-0.05, 0) is 60.9 Å². The molecule has 3 aromatic rings. The summed E-state index contributed by atoms with van der Waals surface area (Å²) < 4.78 is 18.8. The van der Waals surface area contributed by atoms with Crippen molar-refractivity contribution in [2.24, 2.45) is 0 Å². The molecule has 2 unspecified atom stereocenters. The molecule has 0 bridgehead atoms. The molecule has 2 heterocycles. The van der Waals surface area contributed by atoms with Gasteiger partial charge in [-0.1, -0.05) is 30.3 Å². The van der Waals surface area contributed by atoms with Crippen molar-refractivity contribution in [3.05, 3.63) is 101 Å². The van der Waals surface area contributed by atoms with Crippen LogP contribution in [-0.4, -0.2) is 36.0 Å². The van der Waals surface area contributed by atoms with Crippen LogP contribution in [-0.2, 0) is 11.3 Å². The number of nitrogens with one attached hydrogen (secondary N) is 2. The van der Waals surface area contributed by atoms with E-state index in [-0.39, 0.29) is 29.9 Å². The molecule has 2 atom stereocenters. The molecule has 0 aromatic heterocycles. The number of nitrogens with zero attached hydrogens (tertiary/aromatic N) is 1. The molecule has 1 saturated heterocycles. The Morgan fingerprint density at radius 3 is 2.53 bits per heavy atom. The quantitative estimate of drug-likeness (QED) is 0.546. The van der Waals surface area contributed by atoms with Crippen LogP contribution in [0.2, 0.25) is 0 Å². The average molecular weight is 460 g/mol. The molecule has 5 rings (SSSR count). The molecule has 3 aromatic carbocycles. The number of fused-ring (bicyclic) bond motifs is 1. The first-order valence-corrected chi connectivity index (χ1v) is 11.5. The van der Waals surface area contributed by atoms with Crippen LogP contribution >= 0.6 is 0 Å². The Bertz CT molecular complexity index is 1170. The summed E-state index contributed by atoms with van der Waals surface area (Å²) in [6.07, 6.45) is 1.72. The highest BCUT2D eigenvalue weighted by molar-refractivity contribution is 5.99. The van der Waals surface area contributed by atoms with E-state index in [9.17, 15) is 14.0 Å². The van der Waals surface area contributed by atoms with Crippen LogP contribution in [0.5, 0.6) is 0 Å². The van der Waals surface area contributed by atoms with Gasteiger partial charge in [0.25, 0.3) is 11.8 Å². The molecule has 2 aliphatic heterocycles. The molecule has 0 spiro atoms. The summed E-state index contributed by atoms with van der Waals surface area (Å²) in [5, 5.41) is 6.31. The SMILES string of the molecule is O=C(NCc1ccc(F)cc1)c1ccc(NC2c3ccccc3C(=O)N2CC2CCCO2)cc1. The van der Waals surface area contributed by atoms with Crippen molar-refractivity contribution in [3.63, 3.8) is 0 Å². The average Bonchev–Trinajstić information content (AvgIpc) is 3.47. The number of hydrogen-bond donors (Lipinski definition) is 2. The highest BCUT2D eigenvalue weighted by Gasteiger charge is 2.38. The standard InChI is InChI=1S/C27H26FN3O3/c28-20-11-7-18(8-12-20)16-29-26(32)19-9-13-21(14-10-19)30-25-23-5-1-2-6-24(23)27(33)31(25)17-22-4-3-15-34-22/h1-2,5-14,22,25,30H,3-4,15-17H2,(H,29,32). The van der Waals surface area contributed by atoms with Crippen LogP contribution in [0.4, 0.5) is 10.1 Å². The van der Waals surface area contributed by atoms with Gasteiger partial charge in [0.05, 0.1) is 6.10 Å². The third kappa shape index (κ3) is 4.65. The zero-order valence-electron chi connectivity index (χ0n) is 18.7. The third-order valence-electron chi connectivity index (χ3n) is 6.30. The molecule has 174 valence electrons. The first kappa shape index (κ1) is 22.1. The number of hydrogen-bond acceptors (Lipinski definition) is 4. The Hall–Kier alpha value is -3.71. The fourth-order valence-corrected chi connectivity index (χ4v) is 4.48. The van der Waals surface area contributed by atoms with Gasteiger partial charge in [0, 0.05) is 42.1 Å². The molecule has 2 aliphatic rings. The minimum absolute atomic E-state index is 0.000362. The van der Waals surface area contributed by atoms with E-state index in [1.807, 2.05) is 41.3 Å². The summed E-state index contributed by atoms with van der Waals surface area (Å²) >= 11 is 0. The molecule has 2 N–H and O–H groups in total. The van der Waals surface area contributed by atoms with Crippen molar-refractivity contribution < 1.29 is 18.7 Å². The predicted molar refractivity (Wildman–Crippen MR) is 127 cm³/mol. The van der Waals surface area contributed by atoms with E-state index >= 15 is 0 Å². The second-order valence-corrected chi connectivity index (χ2v) is 8.61. The zero-order valence-corrected chi connectivity index (χ0v) is 18.7. The van der Waals surface area contributed by atoms with Crippen LogP contribution in [0, 0.1) is 5.82 Å². The van der Waals surface area contributed by atoms with E-state index in [1.54, 1.807) is 24.3 Å². The normalized spacial score (nSPS) is 19.2. The Balaban J connectivity index is 1.27. The maximum atomic E-state index is 13.1. The van der Waals surface area contributed by atoms with Gasteiger partial charge in [-0.15, -0.1) is 0 Å². The molecular formula is C27H26FN3O3. The summed E-state index contributed by atoms with van der Waals surface area (Å²) in [7, 11) is 0. The second kappa shape index (κ2) is 9.65. The maximum Gasteiger partial charge on any atom is 0.256 e. The van der Waals surface area contributed by atoms with Gasteiger partial charge < -0.3 is 20.3 Å². The van der Waals surface area contributed by atoms with Crippen molar-refractivity contribution in [2.75, 3.05) is 18.5 Å². The first-order chi connectivity index (χ1) is 16.6. The molecule has 0 aliphatic carbocycles. The number of carbonyl (C=O) groups is 2. The Morgan fingerprint density at radius 1 is 1.03 bits per heavy atom. The number of amides is 2. The second-order valence-electron chi connectivity index (χ2n) is 8.61. The van der Waals surface area contributed by atoms with E-state index in [1.165, 1.54) is 12.1 Å². The Morgan fingerprint density at radius 2 is 1.79 bits per heavy atom. The number of ether oxygens (including phenoxy) is 1. The van der Waals surface area contributed by atoms with Gasteiger partial charge in [-0.3, -0.25) is 9.59 Å². The fourth-order valence-electron chi connectivity index (χ4n) is 4.48. The minimum atomic E-state index is -0.306. The number of carbonyl (C=O) groups excluding carboxylic acids is 2. The van der Waals surface area contributed by atoms with Crippen LogP contribution in [0.15, 0.2) is 72.8 Å². The molecular weight excluding hydrogens is 433 g/mol. The van der Waals surface area contributed by atoms with Crippen molar-refractivity contribution in [1.29, 1.82) is 0 Å². The molecule has 7 heteroatoms. The van der Waals surface area contributed by atoms with E-state index in [2.05, 4.69) is 10.6 Å². The van der Waals surface area contributed by atoms with E-state index in [0.29, 0.717) is 24.2 Å². The van der Waals surface area contributed by atoms with Crippen molar-refractivity contribution in [3.8, 4) is 0 Å². The monoisotopic (exact) mass is 459 g/mol. The number of benzene rings is 3. The molecule has 0 saturated carbocycles. The van der Waals surface area contributed by atoms with E-state index in [4.69, 9.17) is 4.74 Å². The summed E-state index contributed by atoms with van der Waals surface area (Å²) in [5.74, 6) is -0.517. The summed E-state index contributed by atoms with van der Waals surface area (Å²) in [6.45, 7) is 1.59. The number of halogens is 1. The van der Waals surface area contributed by atoms with Crippen molar-refractivity contribution in [1.82, 2.24) is 10.2 Å². The van der Waals surface area contributed by atoms with Crippen LogP contribution in [0.3, 0.4) is 0 Å². The lowest BCUT2D eigenvalue weighted by Gasteiger charge is -2.29. The van der Waals surface area contributed by atoms with Gasteiger partial charge in [0.2, 0.25) is 0 Å². The summed E-state index contributed by atoms with van der Waals surface area (Å²) in [6, 6.07) is 20.8. The fraction of sp³-hybridized carbons (Fsp3) is 0.259. The Kier molecular flexibility index (Phi) is 6.27. The minimum Gasteiger partial charge on any atom is -0.376 e. The maximum absolute atomic E-state index is 13.1. The van der Waals surface area contributed by atoms with Gasteiger partial charge in [-0.2, -0.15) is 0 Å². The zero-order chi connectivity index (χ0) is 23.5. The van der Waals surface area contributed by atoms with Gasteiger partial charge in [-0.25, -0.2) is 4.39 Å². The smallest absolute Gasteiger partial charge is 0.256 e. The van der Waals surface area contributed by atoms with E-state index < -0.39 is 0 Å². The molecule has 0 radical (unpaired) electrons. The summed E-state index contributed by atoms with van der Waals surface area (Å²) in [5.41, 5.74) is 3.79. The van der Waals surface area contributed by atoms with Gasteiger partial charge >= 0.3 is 0 Å². The van der Waals surface area contributed by atoms with Gasteiger partial charge in [0.15, 0.2) is 0 Å². The van der Waals surface area contributed by atoms with Crippen molar-refractivity contribution >= 4 is 17.5 Å². The lowest BCUT2D eigenvalue weighted by molar-refractivity contribution is 0.0489. The Labute approximate surface area is 197 Å². The van der Waals surface area contributed by atoms with Crippen LogP contribution < -0.4 is 10.6 Å². The van der Waals surface area contributed by atoms with Gasteiger partial charge in [0.1, 0.15) is 12.0 Å². The molecule has 2 amide bonds. The third-order valence-corrected chi connectivity index (χ3v) is 6.30. The van der Waals surface area contributed by atoms with Crippen LogP contribution in [0.25, 0.3) is 0 Å². The van der Waals surface area contributed by atoms with Crippen LogP contribution in [0.1, 0.15) is 50.9 Å². The lowest BCUT2D eigenvalue weighted by Crippen LogP contribution is -2.38. The molecule has 6 nitrogen and oxygen atoms in total. The van der Waals surface area contributed by atoms with E-state index in [0.717, 1.165) is 36.3 Å². The largest absolute Gasteiger partial charge is 0.376 e. The first-order valence-electron chi connectivity index (χ1n) is 11.5. The molecule has 34 heavy (non-hydrogen) atoms. The summed E-state index contributed by atoms with van der Waals surface area (Å²) in [4.78, 5) is 27.5. The predicted octanol–water partition coefficient (Wildman–Crippen LogP) is 4.50. The van der Waals surface area contributed by atoms with Crippen molar-refractivity contribution in [2.45, 2.75) is 31.7 Å². The highest BCUT2D eigenvalue weighted by atomic mass is 19.1. The molecule has 1 fully saturated rings. The number of rotatable bonds is 7. The number of anilines is 1. The highest BCUT2D eigenvalue weighted by Crippen LogP contribution is 2.35. The lowest BCUT2D eigenvalue weighted by atomic mass is 10.1. The topological polar surface area (TPSA) is 70.7 Å².